The number of anilines is 1. The summed E-state index contributed by atoms with van der Waals surface area (Å²) in [6, 6.07) is 1.95. The predicted molar refractivity (Wildman–Crippen MR) is 80.9 cm³/mol. The van der Waals surface area contributed by atoms with Gasteiger partial charge in [0, 0.05) is 29.0 Å². The van der Waals surface area contributed by atoms with Gasteiger partial charge in [0.15, 0.2) is 0 Å². The van der Waals surface area contributed by atoms with Crippen LogP contribution in [0.2, 0.25) is 0 Å². The number of hydrazine groups is 1. The van der Waals surface area contributed by atoms with Crippen molar-refractivity contribution < 1.29 is 0 Å². The van der Waals surface area contributed by atoms with E-state index in [-0.39, 0.29) is 0 Å². The number of nitrogens with one attached hydrogen (secondary N) is 1. The summed E-state index contributed by atoms with van der Waals surface area (Å²) in [5.41, 5.74) is 3.74. The monoisotopic (exact) mass is 284 g/mol. The van der Waals surface area contributed by atoms with Gasteiger partial charge in [-0.15, -0.1) is 11.8 Å². The Morgan fingerprint density at radius 3 is 2.89 bits per heavy atom. The summed E-state index contributed by atoms with van der Waals surface area (Å²) in [5.74, 6) is 11.2. The molecule has 1 atom stereocenters. The highest BCUT2D eigenvalue weighted by molar-refractivity contribution is 8.06. The maximum absolute atomic E-state index is 5.50. The van der Waals surface area contributed by atoms with E-state index in [0.717, 1.165) is 29.5 Å². The number of nitrogens with zero attached hydrogens (tertiary/aromatic N) is 2. The molecule has 1 aliphatic rings. The first kappa shape index (κ1) is 14.0. The van der Waals surface area contributed by atoms with Gasteiger partial charge in [-0.2, -0.15) is 11.8 Å². The molecule has 1 aromatic heterocycles. The topological polar surface area (TPSA) is 63.8 Å². The second-order valence-corrected chi connectivity index (χ2v) is 7.24. The number of nitrogens with two attached hydrogens (primary N) is 1. The van der Waals surface area contributed by atoms with Gasteiger partial charge in [0.1, 0.15) is 11.6 Å². The van der Waals surface area contributed by atoms with Crippen molar-refractivity contribution in [3.63, 3.8) is 0 Å². The molecule has 1 aliphatic heterocycles. The molecule has 0 bridgehead atoms. The Morgan fingerprint density at radius 2 is 2.28 bits per heavy atom. The van der Waals surface area contributed by atoms with Crippen molar-refractivity contribution in [2.45, 2.75) is 25.5 Å². The molecule has 1 aromatic rings. The summed E-state index contributed by atoms with van der Waals surface area (Å²) >= 11 is 3.93. The van der Waals surface area contributed by atoms with Gasteiger partial charge in [0.25, 0.3) is 0 Å². The van der Waals surface area contributed by atoms with E-state index in [1.165, 1.54) is 11.5 Å². The van der Waals surface area contributed by atoms with Crippen LogP contribution >= 0.6 is 23.5 Å². The molecule has 6 heteroatoms. The first-order valence-electron chi connectivity index (χ1n) is 6.23. The first-order chi connectivity index (χ1) is 8.69. The average Bonchev–Trinajstić information content (AvgIpc) is 2.38. The number of thioether (sulfide) groups is 2. The summed E-state index contributed by atoms with van der Waals surface area (Å²) < 4.78 is 0. The fraction of sp³-hybridized carbons (Fsp3) is 0.667. The van der Waals surface area contributed by atoms with Crippen LogP contribution in [0.25, 0.3) is 0 Å². The average molecular weight is 284 g/mol. The van der Waals surface area contributed by atoms with Gasteiger partial charge in [-0.1, -0.05) is 13.8 Å². The Morgan fingerprint density at radius 1 is 1.44 bits per heavy atom. The minimum Gasteiger partial charge on any atom is -0.308 e. The van der Waals surface area contributed by atoms with E-state index < -0.39 is 0 Å². The molecule has 18 heavy (non-hydrogen) atoms. The third-order valence-corrected chi connectivity index (χ3v) is 5.42. The van der Waals surface area contributed by atoms with Crippen LogP contribution in [0.1, 0.15) is 30.6 Å². The molecule has 0 spiro atoms. The van der Waals surface area contributed by atoms with Gasteiger partial charge >= 0.3 is 0 Å². The SMILES string of the molecule is CC(C)Cc1cc(NN)nc(C2CSCCS2)n1. The molecule has 0 saturated carbocycles. The Labute approximate surface area is 117 Å². The van der Waals surface area contributed by atoms with E-state index in [9.17, 15) is 0 Å². The zero-order valence-electron chi connectivity index (χ0n) is 10.8. The zero-order valence-corrected chi connectivity index (χ0v) is 12.5. The van der Waals surface area contributed by atoms with E-state index in [1.807, 2.05) is 29.6 Å². The summed E-state index contributed by atoms with van der Waals surface area (Å²) in [7, 11) is 0. The lowest BCUT2D eigenvalue weighted by Crippen LogP contribution is -2.16. The van der Waals surface area contributed by atoms with Crippen LogP contribution in [-0.2, 0) is 6.42 Å². The fourth-order valence-electron chi connectivity index (χ4n) is 1.90. The summed E-state index contributed by atoms with van der Waals surface area (Å²) in [4.78, 5) is 9.21. The molecule has 4 nitrogen and oxygen atoms in total. The van der Waals surface area contributed by atoms with E-state index >= 15 is 0 Å². The summed E-state index contributed by atoms with van der Waals surface area (Å²) in [5, 5.41) is 0.406. The molecule has 1 saturated heterocycles. The molecular weight excluding hydrogens is 264 g/mol. The molecule has 2 heterocycles. The van der Waals surface area contributed by atoms with Gasteiger partial charge < -0.3 is 5.43 Å². The molecule has 1 unspecified atom stereocenters. The number of hydrogen-bond acceptors (Lipinski definition) is 6. The smallest absolute Gasteiger partial charge is 0.144 e. The van der Waals surface area contributed by atoms with Gasteiger partial charge in [-0.25, -0.2) is 15.8 Å². The molecule has 0 aliphatic carbocycles. The van der Waals surface area contributed by atoms with E-state index in [1.54, 1.807) is 0 Å². The molecular formula is C12H20N4S2. The van der Waals surface area contributed by atoms with Crippen LogP contribution in [0.5, 0.6) is 0 Å². The second kappa shape index (κ2) is 6.63. The standard InChI is InChI=1S/C12H20N4S2/c1-8(2)5-9-6-11(16-13)15-12(14-9)10-7-17-3-4-18-10/h6,8,10H,3-5,7,13H2,1-2H3,(H,14,15,16). The third-order valence-electron chi connectivity index (χ3n) is 2.67. The van der Waals surface area contributed by atoms with Crippen molar-refractivity contribution in [3.05, 3.63) is 17.6 Å². The van der Waals surface area contributed by atoms with Crippen molar-refractivity contribution in [3.8, 4) is 0 Å². The van der Waals surface area contributed by atoms with Gasteiger partial charge in [-0.3, -0.25) is 0 Å². The molecule has 1 fully saturated rings. The van der Waals surface area contributed by atoms with Gasteiger partial charge in [0.05, 0.1) is 5.25 Å². The Kier molecular flexibility index (Phi) is 5.14. The van der Waals surface area contributed by atoms with Crippen LogP contribution in [0.4, 0.5) is 5.82 Å². The normalized spacial score (nSPS) is 20.1. The highest BCUT2D eigenvalue weighted by atomic mass is 32.2. The molecule has 100 valence electrons. The van der Waals surface area contributed by atoms with Crippen LogP contribution in [0.3, 0.4) is 0 Å². The van der Waals surface area contributed by atoms with Crippen molar-refractivity contribution in [2.24, 2.45) is 11.8 Å². The van der Waals surface area contributed by atoms with E-state index in [4.69, 9.17) is 10.8 Å². The van der Waals surface area contributed by atoms with E-state index in [0.29, 0.717) is 11.2 Å². The Bertz CT molecular complexity index is 392. The van der Waals surface area contributed by atoms with Crippen LogP contribution in [0.15, 0.2) is 6.07 Å². The van der Waals surface area contributed by atoms with Crippen LogP contribution in [0, 0.1) is 5.92 Å². The van der Waals surface area contributed by atoms with Crippen molar-refractivity contribution >= 4 is 29.3 Å². The number of rotatable bonds is 4. The highest BCUT2D eigenvalue weighted by Gasteiger charge is 2.20. The van der Waals surface area contributed by atoms with Crippen molar-refractivity contribution in [1.29, 1.82) is 0 Å². The first-order valence-corrected chi connectivity index (χ1v) is 8.43. The molecule has 0 aromatic carbocycles. The Balaban J connectivity index is 2.22. The quantitative estimate of drug-likeness (QED) is 0.654. The molecule has 0 radical (unpaired) electrons. The van der Waals surface area contributed by atoms with Crippen molar-refractivity contribution in [1.82, 2.24) is 9.97 Å². The number of nitrogen functional groups attached to an aromatic ring is 1. The third kappa shape index (κ3) is 3.76. The van der Waals surface area contributed by atoms with Gasteiger partial charge in [0.2, 0.25) is 0 Å². The molecule has 3 N–H and O–H groups in total. The maximum atomic E-state index is 5.50. The molecule has 2 rings (SSSR count). The van der Waals surface area contributed by atoms with Crippen LogP contribution in [-0.4, -0.2) is 27.2 Å². The number of hydrogen-bond donors (Lipinski definition) is 2. The van der Waals surface area contributed by atoms with Crippen molar-refractivity contribution in [2.75, 3.05) is 22.7 Å². The Hall–Kier alpha value is -0.460. The van der Waals surface area contributed by atoms with E-state index in [2.05, 4.69) is 24.3 Å². The number of aromatic nitrogens is 2. The highest BCUT2D eigenvalue weighted by Crippen LogP contribution is 2.35. The lowest BCUT2D eigenvalue weighted by atomic mass is 10.1. The lowest BCUT2D eigenvalue weighted by Gasteiger charge is -2.20. The predicted octanol–water partition coefficient (Wildman–Crippen LogP) is 2.48. The summed E-state index contributed by atoms with van der Waals surface area (Å²) in [6.45, 7) is 4.39. The largest absolute Gasteiger partial charge is 0.308 e. The zero-order chi connectivity index (χ0) is 13.0. The molecule has 0 amide bonds. The minimum absolute atomic E-state index is 0.406. The minimum atomic E-state index is 0.406. The second-order valence-electron chi connectivity index (χ2n) is 4.78. The lowest BCUT2D eigenvalue weighted by molar-refractivity contribution is 0.630. The van der Waals surface area contributed by atoms with Crippen LogP contribution < -0.4 is 11.3 Å². The van der Waals surface area contributed by atoms with Gasteiger partial charge in [-0.05, 0) is 12.3 Å². The maximum Gasteiger partial charge on any atom is 0.144 e. The fourth-order valence-corrected chi connectivity index (χ4v) is 4.49. The summed E-state index contributed by atoms with van der Waals surface area (Å²) in [6.07, 6.45) is 0.967.